The minimum Gasteiger partial charge on any atom is -0.497 e. The number of nitrogens with one attached hydrogen (secondary N) is 2. The van der Waals surface area contributed by atoms with Crippen molar-refractivity contribution in [2.45, 2.75) is 65.2 Å². The lowest BCUT2D eigenvalue weighted by Crippen LogP contribution is -2.49. The van der Waals surface area contributed by atoms with Gasteiger partial charge in [0.2, 0.25) is 5.91 Å². The number of aryl methyl sites for hydroxylation is 1. The van der Waals surface area contributed by atoms with Crippen LogP contribution in [0.5, 0.6) is 23.0 Å². The number of carbonyl (C=O) groups is 2. The largest absolute Gasteiger partial charge is 0.497 e. The molecule has 0 saturated carbocycles. The number of carbonyl (C=O) groups excluding carboxylic acids is 2. The molecule has 0 unspecified atom stereocenters. The molecule has 2 amide bonds. The average Bonchev–Trinajstić information content (AvgIpc) is 3.26. The molecule has 4 rings (SSSR count). The number of nitrogens with zero attached hydrogens (tertiary/aromatic N) is 1. The van der Waals surface area contributed by atoms with E-state index in [1.807, 2.05) is 67.6 Å². The van der Waals surface area contributed by atoms with Crippen LogP contribution in [-0.2, 0) is 29.2 Å². The molecule has 0 bridgehead atoms. The lowest BCUT2D eigenvalue weighted by atomic mass is 10.1. The summed E-state index contributed by atoms with van der Waals surface area (Å²) in [6, 6.07) is 18.8. The fourth-order valence-corrected chi connectivity index (χ4v) is 5.24. The van der Waals surface area contributed by atoms with Gasteiger partial charge in [0.05, 0.1) is 20.8 Å². The number of hydrogen-bond acceptors (Lipinski definition) is 7. The summed E-state index contributed by atoms with van der Waals surface area (Å²) in [4.78, 5) is 28.2. The standard InChI is InChI=1S/C35H45N3O6/c1-5-18-43-32-16-11-27(19-25(32)2)23-38(31-8-6-7-17-37-35(31)40)34(39)24-44-29-13-9-26(10-14-29)21-36-22-28-12-15-30(41-3)20-33(28)42-4/h9-16,19-20,31,36H,5-8,17-18,21-24H2,1-4H3,(H,37,40)/t31-/m0/s1. The smallest absolute Gasteiger partial charge is 0.261 e. The van der Waals surface area contributed by atoms with Gasteiger partial charge >= 0.3 is 0 Å². The van der Waals surface area contributed by atoms with Gasteiger partial charge in [-0.25, -0.2) is 0 Å². The fraction of sp³-hybridized carbons (Fsp3) is 0.429. The molecule has 9 heteroatoms. The lowest BCUT2D eigenvalue weighted by molar-refractivity contribution is -0.142. The third-order valence-corrected chi connectivity index (χ3v) is 7.68. The predicted octanol–water partition coefficient (Wildman–Crippen LogP) is 5.17. The molecule has 2 N–H and O–H groups in total. The zero-order valence-electron chi connectivity index (χ0n) is 26.3. The van der Waals surface area contributed by atoms with Crippen molar-refractivity contribution in [2.24, 2.45) is 0 Å². The van der Waals surface area contributed by atoms with Crippen molar-refractivity contribution in [3.8, 4) is 23.0 Å². The average molecular weight is 604 g/mol. The molecule has 3 aromatic carbocycles. The molecule has 0 aliphatic carbocycles. The van der Waals surface area contributed by atoms with Gasteiger partial charge < -0.3 is 34.5 Å². The highest BCUT2D eigenvalue weighted by Crippen LogP contribution is 2.25. The molecule has 0 radical (unpaired) electrons. The number of benzene rings is 3. The van der Waals surface area contributed by atoms with E-state index in [2.05, 4.69) is 17.6 Å². The van der Waals surface area contributed by atoms with Gasteiger partial charge in [0.1, 0.15) is 29.0 Å². The summed E-state index contributed by atoms with van der Waals surface area (Å²) < 4.78 is 22.5. The third kappa shape index (κ3) is 9.13. The van der Waals surface area contributed by atoms with Crippen molar-refractivity contribution in [1.29, 1.82) is 0 Å². The van der Waals surface area contributed by atoms with E-state index < -0.39 is 6.04 Å². The molecule has 1 fully saturated rings. The molecule has 0 aromatic heterocycles. The van der Waals surface area contributed by atoms with E-state index in [9.17, 15) is 9.59 Å². The SMILES string of the molecule is CCCOc1ccc(CN(C(=O)COc2ccc(CNCc3ccc(OC)cc3OC)cc2)[C@H]2CCCCNC2=O)cc1C. The van der Waals surface area contributed by atoms with E-state index in [4.69, 9.17) is 18.9 Å². The maximum atomic E-state index is 13.6. The van der Waals surface area contributed by atoms with Crippen molar-refractivity contribution in [3.05, 3.63) is 82.9 Å². The van der Waals surface area contributed by atoms with Gasteiger partial charge in [0, 0.05) is 37.8 Å². The zero-order valence-corrected chi connectivity index (χ0v) is 26.3. The van der Waals surface area contributed by atoms with Crippen LogP contribution in [0.3, 0.4) is 0 Å². The molecule has 3 aromatic rings. The first-order valence-electron chi connectivity index (χ1n) is 15.3. The molecule has 1 aliphatic rings. The molecule has 1 aliphatic heterocycles. The Morgan fingerprint density at radius 3 is 2.41 bits per heavy atom. The fourth-order valence-electron chi connectivity index (χ4n) is 5.24. The van der Waals surface area contributed by atoms with Crippen LogP contribution >= 0.6 is 0 Å². The first kappa shape index (κ1) is 32.7. The number of rotatable bonds is 15. The highest BCUT2D eigenvalue weighted by atomic mass is 16.5. The van der Waals surface area contributed by atoms with Gasteiger partial charge in [-0.2, -0.15) is 0 Å². The highest BCUT2D eigenvalue weighted by molar-refractivity contribution is 5.88. The Morgan fingerprint density at radius 1 is 0.909 bits per heavy atom. The maximum absolute atomic E-state index is 13.6. The van der Waals surface area contributed by atoms with E-state index in [0.717, 1.165) is 58.8 Å². The summed E-state index contributed by atoms with van der Waals surface area (Å²) in [6.45, 7) is 6.80. The van der Waals surface area contributed by atoms with Gasteiger partial charge in [-0.3, -0.25) is 9.59 Å². The summed E-state index contributed by atoms with van der Waals surface area (Å²) >= 11 is 0. The van der Waals surface area contributed by atoms with E-state index >= 15 is 0 Å². The Balaban J connectivity index is 1.36. The molecule has 0 spiro atoms. The van der Waals surface area contributed by atoms with Crippen molar-refractivity contribution in [2.75, 3.05) is 34.0 Å². The Hall–Kier alpha value is -4.24. The summed E-state index contributed by atoms with van der Waals surface area (Å²) in [5.41, 5.74) is 4.06. The van der Waals surface area contributed by atoms with Crippen LogP contribution in [0, 0.1) is 6.92 Å². The predicted molar refractivity (Wildman–Crippen MR) is 170 cm³/mol. The summed E-state index contributed by atoms with van der Waals surface area (Å²) in [7, 11) is 3.28. The quantitative estimate of drug-likeness (QED) is 0.247. The molecule has 236 valence electrons. The molecule has 9 nitrogen and oxygen atoms in total. The second-order valence-electron chi connectivity index (χ2n) is 11.0. The number of amides is 2. The van der Waals surface area contributed by atoms with Gasteiger partial charge in [-0.05, 0) is 73.6 Å². The molecule has 1 heterocycles. The summed E-state index contributed by atoms with van der Waals surface area (Å²) in [5.74, 6) is 2.62. The number of ether oxygens (including phenoxy) is 4. The Labute approximate surface area is 260 Å². The van der Waals surface area contributed by atoms with E-state index in [0.29, 0.717) is 45.0 Å². The maximum Gasteiger partial charge on any atom is 0.261 e. The Kier molecular flexibility index (Phi) is 12.3. The Bertz CT molecular complexity index is 1380. The lowest BCUT2D eigenvalue weighted by Gasteiger charge is -2.30. The zero-order chi connectivity index (χ0) is 31.3. The summed E-state index contributed by atoms with van der Waals surface area (Å²) in [6.07, 6.45) is 3.33. The normalized spacial score (nSPS) is 14.7. The highest BCUT2D eigenvalue weighted by Gasteiger charge is 2.31. The van der Waals surface area contributed by atoms with Crippen LogP contribution in [0.2, 0.25) is 0 Å². The van der Waals surface area contributed by atoms with Gasteiger partial charge in [-0.1, -0.05) is 37.3 Å². The van der Waals surface area contributed by atoms with Gasteiger partial charge in [0.25, 0.3) is 5.91 Å². The van der Waals surface area contributed by atoms with Crippen molar-refractivity contribution in [1.82, 2.24) is 15.5 Å². The van der Waals surface area contributed by atoms with E-state index in [1.165, 1.54) is 0 Å². The molecule has 1 saturated heterocycles. The Morgan fingerprint density at radius 2 is 1.68 bits per heavy atom. The van der Waals surface area contributed by atoms with Gasteiger partial charge in [-0.15, -0.1) is 0 Å². The minimum atomic E-state index is -0.539. The second-order valence-corrected chi connectivity index (χ2v) is 11.0. The van der Waals surface area contributed by atoms with Crippen molar-refractivity contribution in [3.63, 3.8) is 0 Å². The van der Waals surface area contributed by atoms with E-state index in [1.54, 1.807) is 19.1 Å². The number of methoxy groups -OCH3 is 2. The van der Waals surface area contributed by atoms with Crippen LogP contribution in [0.1, 0.15) is 54.9 Å². The van der Waals surface area contributed by atoms with Crippen molar-refractivity contribution >= 4 is 11.8 Å². The molecular weight excluding hydrogens is 558 g/mol. The topological polar surface area (TPSA) is 98.4 Å². The first-order valence-corrected chi connectivity index (χ1v) is 15.3. The molecule has 44 heavy (non-hydrogen) atoms. The monoisotopic (exact) mass is 603 g/mol. The van der Waals surface area contributed by atoms with Crippen LogP contribution in [0.15, 0.2) is 60.7 Å². The summed E-state index contributed by atoms with van der Waals surface area (Å²) in [5, 5.41) is 6.40. The van der Waals surface area contributed by atoms with Crippen LogP contribution in [0.4, 0.5) is 0 Å². The third-order valence-electron chi connectivity index (χ3n) is 7.68. The molecule has 1 atom stereocenters. The van der Waals surface area contributed by atoms with Crippen LogP contribution in [-0.4, -0.2) is 56.7 Å². The van der Waals surface area contributed by atoms with Crippen LogP contribution < -0.4 is 29.6 Å². The first-order chi connectivity index (χ1) is 21.4. The van der Waals surface area contributed by atoms with Crippen LogP contribution in [0.25, 0.3) is 0 Å². The molecular formula is C35H45N3O6. The second kappa shape index (κ2) is 16.6. The minimum absolute atomic E-state index is 0.111. The number of hydrogen-bond donors (Lipinski definition) is 2. The van der Waals surface area contributed by atoms with E-state index in [-0.39, 0.29) is 18.4 Å². The van der Waals surface area contributed by atoms with Gasteiger partial charge in [0.15, 0.2) is 6.61 Å². The van der Waals surface area contributed by atoms with Crippen molar-refractivity contribution < 1.29 is 28.5 Å².